The first-order valence-corrected chi connectivity index (χ1v) is 17.8. The lowest BCUT2D eigenvalue weighted by Crippen LogP contribution is -1.97. The lowest BCUT2D eigenvalue weighted by atomic mass is 9.97. The van der Waals surface area contributed by atoms with Gasteiger partial charge in [0.05, 0.1) is 33.3 Å². The van der Waals surface area contributed by atoms with Gasteiger partial charge in [-0.15, -0.1) is 0 Å². The Labute approximate surface area is 300 Å². The monoisotopic (exact) mass is 661 g/mol. The number of benzene rings is 8. The molecule has 0 aliphatic rings. The second-order valence-corrected chi connectivity index (χ2v) is 13.6. The van der Waals surface area contributed by atoms with Crippen molar-refractivity contribution >= 4 is 65.3 Å². The van der Waals surface area contributed by atoms with Crippen LogP contribution in [0.1, 0.15) is 0 Å². The van der Waals surface area contributed by atoms with Crippen molar-refractivity contribution in [3.05, 3.63) is 188 Å². The van der Waals surface area contributed by atoms with E-state index in [4.69, 9.17) is 4.98 Å². The molecule has 52 heavy (non-hydrogen) atoms. The van der Waals surface area contributed by atoms with Crippen molar-refractivity contribution in [2.75, 3.05) is 0 Å². The molecule has 0 atom stereocenters. The number of nitrogens with zero attached hydrogens (tertiary/aromatic N) is 3. The van der Waals surface area contributed by atoms with E-state index >= 15 is 0 Å². The Kier molecular flexibility index (Phi) is 6.25. The predicted octanol–water partition coefficient (Wildman–Crippen LogP) is 12.9. The molecule has 3 nitrogen and oxygen atoms in total. The number of rotatable bonds is 4. The normalized spacial score (nSPS) is 11.8. The molecule has 0 N–H and O–H groups in total. The van der Waals surface area contributed by atoms with E-state index in [1.165, 1.54) is 71.2 Å². The van der Waals surface area contributed by atoms with E-state index < -0.39 is 0 Å². The van der Waals surface area contributed by atoms with E-state index in [0.29, 0.717) is 0 Å². The number of aromatic nitrogens is 3. The Morgan fingerprint density at radius 2 is 0.904 bits per heavy atom. The Balaban J connectivity index is 1.19. The molecule has 0 unspecified atom stereocenters. The van der Waals surface area contributed by atoms with E-state index in [9.17, 15) is 0 Å². The van der Waals surface area contributed by atoms with Gasteiger partial charge in [-0.1, -0.05) is 133 Å². The SMILES string of the molecule is c1ccc(-c2nc3ccccc3c3ccc4c5ccccc5n(-c5cccc(-c6ccc7c(c6)c6ccccc6n7-c6ccccc6)c5)c4c23)cc1. The summed E-state index contributed by atoms with van der Waals surface area (Å²) in [4.78, 5) is 5.36. The van der Waals surface area contributed by atoms with Crippen molar-refractivity contribution in [2.45, 2.75) is 0 Å². The zero-order chi connectivity index (χ0) is 34.2. The maximum Gasteiger partial charge on any atom is 0.0809 e. The highest BCUT2D eigenvalue weighted by Gasteiger charge is 2.21. The topological polar surface area (TPSA) is 22.8 Å². The van der Waals surface area contributed by atoms with Gasteiger partial charge < -0.3 is 9.13 Å². The van der Waals surface area contributed by atoms with Gasteiger partial charge in [-0.3, -0.25) is 0 Å². The molecule has 0 fully saturated rings. The lowest BCUT2D eigenvalue weighted by molar-refractivity contribution is 1.18. The van der Waals surface area contributed by atoms with Crippen molar-refractivity contribution in [1.82, 2.24) is 14.1 Å². The summed E-state index contributed by atoms with van der Waals surface area (Å²) in [5.41, 5.74) is 12.5. The molecule has 11 rings (SSSR count). The largest absolute Gasteiger partial charge is 0.309 e. The van der Waals surface area contributed by atoms with Gasteiger partial charge in [0, 0.05) is 49.3 Å². The Morgan fingerprint density at radius 1 is 0.327 bits per heavy atom. The summed E-state index contributed by atoms with van der Waals surface area (Å²) in [5, 5.41) is 8.48. The van der Waals surface area contributed by atoms with Gasteiger partial charge in [0.15, 0.2) is 0 Å². The van der Waals surface area contributed by atoms with Crippen LogP contribution >= 0.6 is 0 Å². The van der Waals surface area contributed by atoms with Crippen LogP contribution in [-0.2, 0) is 0 Å². The predicted molar refractivity (Wildman–Crippen MR) is 219 cm³/mol. The summed E-state index contributed by atoms with van der Waals surface area (Å²) in [5.74, 6) is 0. The van der Waals surface area contributed by atoms with Crippen LogP contribution in [0.25, 0.3) is 99.0 Å². The average Bonchev–Trinajstić information content (AvgIpc) is 3.74. The quantitative estimate of drug-likeness (QED) is 0.172. The van der Waals surface area contributed by atoms with Gasteiger partial charge in [-0.25, -0.2) is 4.98 Å². The van der Waals surface area contributed by atoms with Crippen molar-refractivity contribution in [3.63, 3.8) is 0 Å². The minimum Gasteiger partial charge on any atom is -0.309 e. The minimum absolute atomic E-state index is 1.00. The third-order valence-corrected chi connectivity index (χ3v) is 10.7. The maximum absolute atomic E-state index is 5.36. The van der Waals surface area contributed by atoms with Crippen LogP contribution in [0.5, 0.6) is 0 Å². The Hall–Kier alpha value is -6.97. The molecule has 3 heterocycles. The van der Waals surface area contributed by atoms with Crippen molar-refractivity contribution in [1.29, 1.82) is 0 Å². The zero-order valence-electron chi connectivity index (χ0n) is 28.2. The Morgan fingerprint density at radius 3 is 1.71 bits per heavy atom. The third-order valence-electron chi connectivity index (χ3n) is 10.7. The first-order chi connectivity index (χ1) is 25.8. The molecule has 0 saturated carbocycles. The summed E-state index contributed by atoms with van der Waals surface area (Å²) in [6, 6.07) is 67.8. The molecule has 0 aliphatic carbocycles. The number of pyridine rings is 1. The average molecular weight is 662 g/mol. The Bertz CT molecular complexity index is 3170. The molecular formula is C49H31N3. The highest BCUT2D eigenvalue weighted by Crippen LogP contribution is 2.43. The van der Waals surface area contributed by atoms with Gasteiger partial charge in [-0.2, -0.15) is 0 Å². The molecule has 8 aromatic carbocycles. The summed E-state index contributed by atoms with van der Waals surface area (Å²) in [6.45, 7) is 0. The van der Waals surface area contributed by atoms with E-state index in [0.717, 1.165) is 27.8 Å². The molecule has 242 valence electrons. The highest BCUT2D eigenvalue weighted by atomic mass is 15.0. The maximum atomic E-state index is 5.36. The second-order valence-electron chi connectivity index (χ2n) is 13.6. The first kappa shape index (κ1) is 28.8. The number of fused-ring (bicyclic) bond motifs is 10. The van der Waals surface area contributed by atoms with Crippen LogP contribution in [0, 0.1) is 0 Å². The van der Waals surface area contributed by atoms with Gasteiger partial charge in [0.2, 0.25) is 0 Å². The molecule has 3 heteroatoms. The van der Waals surface area contributed by atoms with Crippen molar-refractivity contribution < 1.29 is 0 Å². The smallest absolute Gasteiger partial charge is 0.0809 e. The number of hydrogen-bond acceptors (Lipinski definition) is 1. The van der Waals surface area contributed by atoms with Crippen LogP contribution in [-0.4, -0.2) is 14.1 Å². The van der Waals surface area contributed by atoms with Crippen LogP contribution in [0.2, 0.25) is 0 Å². The number of para-hydroxylation sites is 4. The van der Waals surface area contributed by atoms with Crippen molar-refractivity contribution in [3.8, 4) is 33.8 Å². The lowest BCUT2D eigenvalue weighted by Gasteiger charge is -2.15. The van der Waals surface area contributed by atoms with E-state index in [-0.39, 0.29) is 0 Å². The number of hydrogen-bond donors (Lipinski definition) is 0. The molecule has 11 aromatic rings. The van der Waals surface area contributed by atoms with E-state index in [1.54, 1.807) is 0 Å². The minimum atomic E-state index is 1.00. The van der Waals surface area contributed by atoms with Gasteiger partial charge in [0.1, 0.15) is 0 Å². The molecule has 0 amide bonds. The fourth-order valence-corrected chi connectivity index (χ4v) is 8.40. The van der Waals surface area contributed by atoms with Crippen LogP contribution < -0.4 is 0 Å². The molecule has 0 aliphatic heterocycles. The van der Waals surface area contributed by atoms with Crippen LogP contribution in [0.15, 0.2) is 188 Å². The van der Waals surface area contributed by atoms with Crippen LogP contribution in [0.3, 0.4) is 0 Å². The summed E-state index contributed by atoms with van der Waals surface area (Å²) in [6.07, 6.45) is 0. The molecule has 0 bridgehead atoms. The van der Waals surface area contributed by atoms with Gasteiger partial charge >= 0.3 is 0 Å². The van der Waals surface area contributed by atoms with Gasteiger partial charge in [0.25, 0.3) is 0 Å². The van der Waals surface area contributed by atoms with E-state index in [1.807, 2.05) is 0 Å². The van der Waals surface area contributed by atoms with Crippen molar-refractivity contribution in [2.24, 2.45) is 0 Å². The zero-order valence-corrected chi connectivity index (χ0v) is 28.2. The second kappa shape index (κ2) is 11.3. The summed E-state index contributed by atoms with van der Waals surface area (Å²) < 4.78 is 4.83. The first-order valence-electron chi connectivity index (χ1n) is 17.8. The van der Waals surface area contributed by atoms with E-state index in [2.05, 4.69) is 197 Å². The highest BCUT2D eigenvalue weighted by molar-refractivity contribution is 6.26. The summed E-state index contributed by atoms with van der Waals surface area (Å²) in [7, 11) is 0. The molecular weight excluding hydrogens is 631 g/mol. The fraction of sp³-hybridized carbons (Fsp3) is 0. The fourth-order valence-electron chi connectivity index (χ4n) is 8.40. The van der Waals surface area contributed by atoms with Gasteiger partial charge in [-0.05, 0) is 71.1 Å². The molecule has 0 saturated heterocycles. The summed E-state index contributed by atoms with van der Waals surface area (Å²) >= 11 is 0. The molecule has 3 aromatic heterocycles. The molecule has 0 spiro atoms. The van der Waals surface area contributed by atoms with Crippen LogP contribution in [0.4, 0.5) is 0 Å². The molecule has 0 radical (unpaired) electrons. The third kappa shape index (κ3) is 4.23. The standard InChI is InChI=1S/C49H31N3/c1-3-14-32(15-4-1)48-47-40(37-20-7-10-23-43(37)50-48)27-28-41-38-21-8-12-25-45(38)52(49(41)47)36-19-13-16-33(30-36)34-26-29-46-42(31-34)39-22-9-11-24-44(39)51(46)35-17-5-2-6-18-35/h1-31H.